The molecule has 0 radical (unpaired) electrons. The van der Waals surface area contributed by atoms with Crippen LogP contribution in [-0.4, -0.2) is 28.8 Å². The number of hydrogen-bond donors (Lipinski definition) is 0. The number of hydrogen-bond acceptors (Lipinski definition) is 3. The molecule has 3 nitrogen and oxygen atoms in total. The van der Waals surface area contributed by atoms with Crippen LogP contribution in [0, 0.1) is 11.8 Å². The molecular weight excluding hydrogens is 214 g/mol. The Kier molecular flexibility index (Phi) is 5.57. The molecule has 1 rings (SSSR count). The predicted octanol–water partition coefficient (Wildman–Crippen LogP) is 1.08. The Morgan fingerprint density at radius 3 is 2.53 bits per heavy atom. The molecule has 0 bridgehead atoms. The molecule has 0 amide bonds. The van der Waals surface area contributed by atoms with Crippen LogP contribution in [0.4, 0.5) is 0 Å². The second kappa shape index (κ2) is 6.48. The number of carbonyl (C=O) groups is 1. The van der Waals surface area contributed by atoms with Gasteiger partial charge in [0.05, 0.1) is 29.2 Å². The molecule has 0 aromatic rings. The molecule has 0 N–H and O–H groups in total. The highest BCUT2D eigenvalue weighted by Crippen LogP contribution is 2.64. The number of carbonyl (C=O) groups excluding carboxylic acids is 1. The van der Waals surface area contributed by atoms with E-state index in [9.17, 15) is 4.79 Å². The summed E-state index contributed by atoms with van der Waals surface area (Å²) in [6.07, 6.45) is 6.95. The summed E-state index contributed by atoms with van der Waals surface area (Å²) < 4.78 is 0. The maximum absolute atomic E-state index is 11.4. The fourth-order valence-electron chi connectivity index (χ4n) is 2.93. The summed E-state index contributed by atoms with van der Waals surface area (Å²) in [5.74, 6) is 0.928. The van der Waals surface area contributed by atoms with Gasteiger partial charge in [-0.1, -0.05) is 44.2 Å². The quantitative estimate of drug-likeness (QED) is 0.274. The third kappa shape index (κ3) is 4.06. The van der Waals surface area contributed by atoms with Gasteiger partial charge in [0, 0.05) is 0 Å². The highest BCUT2D eigenvalue weighted by atomic mass is 17.2. The van der Waals surface area contributed by atoms with Gasteiger partial charge in [-0.05, 0) is 11.8 Å². The van der Waals surface area contributed by atoms with E-state index >= 15 is 0 Å². The Balaban J connectivity index is 2.25. The highest BCUT2D eigenvalue weighted by Gasteiger charge is 2.56. The van der Waals surface area contributed by atoms with E-state index in [1.165, 1.54) is 39.2 Å². The maximum Gasteiger partial charge on any atom is 0.342 e. The monoisotopic (exact) mass is 238 g/mol. The van der Waals surface area contributed by atoms with Crippen LogP contribution in [0.3, 0.4) is 0 Å². The van der Waals surface area contributed by atoms with E-state index in [0.29, 0.717) is 23.5 Å². The summed E-state index contributed by atoms with van der Waals surface area (Å²) in [7, 11) is 5.88. The molecule has 0 saturated heterocycles. The van der Waals surface area contributed by atoms with Crippen molar-refractivity contribution in [3.05, 3.63) is 0 Å². The molecule has 5 heteroatoms. The molecule has 0 spiro atoms. The van der Waals surface area contributed by atoms with Crippen molar-refractivity contribution in [3.63, 3.8) is 0 Å². The minimum atomic E-state index is -0.235. The van der Waals surface area contributed by atoms with Crippen molar-refractivity contribution in [3.8, 4) is 0 Å². The van der Waals surface area contributed by atoms with Crippen LogP contribution in [0.5, 0.6) is 0 Å². The molecule has 96 valence electrons. The van der Waals surface area contributed by atoms with Crippen LogP contribution in [0.2, 0.25) is 5.21 Å². The largest absolute Gasteiger partial charge is 0.342 e. The maximum atomic E-state index is 11.4. The summed E-state index contributed by atoms with van der Waals surface area (Å²) in [6, 6.07) is 0. The molecular formula is C12H24B2O3. The first-order chi connectivity index (χ1) is 8.04. The van der Waals surface area contributed by atoms with Crippen LogP contribution < -0.4 is 0 Å². The zero-order valence-electron chi connectivity index (χ0n) is 11.6. The SMILES string of the molecule is BC1(B)C(CCCCCC)C1CC(=O)OOC. The van der Waals surface area contributed by atoms with Gasteiger partial charge in [-0.25, -0.2) is 4.79 Å². The fourth-order valence-corrected chi connectivity index (χ4v) is 2.93. The summed E-state index contributed by atoms with van der Waals surface area (Å²) in [5, 5.41) is 0.305. The Morgan fingerprint density at radius 2 is 1.94 bits per heavy atom. The standard InChI is InChI=1S/C12H24B2O3/c1-3-4-5-6-7-9-10(12(9,13)14)8-11(15)17-16-2/h9-10H,3-8,13-14H2,1-2H3. The van der Waals surface area contributed by atoms with E-state index in [1.54, 1.807) is 0 Å². The van der Waals surface area contributed by atoms with E-state index in [0.717, 1.165) is 0 Å². The second-order valence-corrected chi connectivity index (χ2v) is 5.71. The summed E-state index contributed by atoms with van der Waals surface area (Å²) >= 11 is 0. The fraction of sp³-hybridized carbons (Fsp3) is 0.917. The van der Waals surface area contributed by atoms with Crippen molar-refractivity contribution in [1.82, 2.24) is 0 Å². The molecule has 0 aromatic heterocycles. The van der Waals surface area contributed by atoms with E-state index in [1.807, 2.05) is 0 Å². The Bertz CT molecular complexity index is 256. The molecule has 2 atom stereocenters. The smallest absolute Gasteiger partial charge is 0.299 e. The van der Waals surface area contributed by atoms with Gasteiger partial charge in [0.25, 0.3) is 0 Å². The third-order valence-electron chi connectivity index (χ3n) is 4.22. The van der Waals surface area contributed by atoms with Gasteiger partial charge in [0.15, 0.2) is 0 Å². The van der Waals surface area contributed by atoms with Gasteiger partial charge >= 0.3 is 5.97 Å². The zero-order valence-corrected chi connectivity index (χ0v) is 11.6. The summed E-state index contributed by atoms with van der Waals surface area (Å²) in [6.45, 7) is 2.23. The van der Waals surface area contributed by atoms with Crippen molar-refractivity contribution >= 4 is 21.7 Å². The lowest BCUT2D eigenvalue weighted by molar-refractivity contribution is -0.255. The Labute approximate surface area is 106 Å². The van der Waals surface area contributed by atoms with Crippen LogP contribution >= 0.6 is 0 Å². The average molecular weight is 238 g/mol. The predicted molar refractivity (Wildman–Crippen MR) is 73.2 cm³/mol. The average Bonchev–Trinajstić information content (AvgIpc) is 2.76. The van der Waals surface area contributed by atoms with Crippen molar-refractivity contribution in [2.45, 2.75) is 50.7 Å². The molecule has 17 heavy (non-hydrogen) atoms. The van der Waals surface area contributed by atoms with Crippen molar-refractivity contribution in [2.24, 2.45) is 11.8 Å². The normalized spacial score (nSPS) is 25.5. The molecule has 1 fully saturated rings. The van der Waals surface area contributed by atoms with Crippen LogP contribution in [-0.2, 0) is 14.6 Å². The van der Waals surface area contributed by atoms with Gasteiger partial charge in [0.1, 0.15) is 0 Å². The topological polar surface area (TPSA) is 35.5 Å². The van der Waals surface area contributed by atoms with Crippen LogP contribution in [0.1, 0.15) is 45.4 Å². The van der Waals surface area contributed by atoms with Crippen LogP contribution in [0.25, 0.3) is 0 Å². The van der Waals surface area contributed by atoms with Gasteiger partial charge in [-0.15, -0.1) is 0 Å². The van der Waals surface area contributed by atoms with Gasteiger partial charge in [0.2, 0.25) is 0 Å². The highest BCUT2D eigenvalue weighted by molar-refractivity contribution is 6.43. The third-order valence-corrected chi connectivity index (χ3v) is 4.22. The number of rotatable bonds is 8. The Hall–Kier alpha value is -0.440. The van der Waals surface area contributed by atoms with E-state index < -0.39 is 0 Å². The Morgan fingerprint density at radius 1 is 1.24 bits per heavy atom. The minimum absolute atomic E-state index is 0.235. The van der Waals surface area contributed by atoms with Crippen LogP contribution in [0.15, 0.2) is 0 Å². The van der Waals surface area contributed by atoms with E-state index in [4.69, 9.17) is 0 Å². The molecule has 0 heterocycles. The van der Waals surface area contributed by atoms with Gasteiger partial charge < -0.3 is 0 Å². The molecule has 1 aliphatic rings. The van der Waals surface area contributed by atoms with Crippen molar-refractivity contribution in [2.75, 3.05) is 7.11 Å². The lowest BCUT2D eigenvalue weighted by atomic mass is 9.63. The minimum Gasteiger partial charge on any atom is -0.299 e. The second-order valence-electron chi connectivity index (χ2n) is 5.71. The molecule has 0 aromatic carbocycles. The molecule has 0 aliphatic heterocycles. The summed E-state index contributed by atoms with van der Waals surface area (Å²) in [5.41, 5.74) is 0. The van der Waals surface area contributed by atoms with E-state index in [-0.39, 0.29) is 5.97 Å². The molecule has 1 aliphatic carbocycles. The number of unbranched alkanes of at least 4 members (excludes halogenated alkanes) is 3. The molecule has 2 unspecified atom stereocenters. The first-order valence-corrected chi connectivity index (χ1v) is 6.77. The van der Waals surface area contributed by atoms with E-state index in [2.05, 4.69) is 32.4 Å². The summed E-state index contributed by atoms with van der Waals surface area (Å²) in [4.78, 5) is 20.3. The van der Waals surface area contributed by atoms with Crippen molar-refractivity contribution < 1.29 is 14.6 Å². The first-order valence-electron chi connectivity index (χ1n) is 6.77. The zero-order chi connectivity index (χ0) is 12.9. The lowest BCUT2D eigenvalue weighted by Gasteiger charge is -2.01. The van der Waals surface area contributed by atoms with Gasteiger partial charge in [-0.3, -0.25) is 4.89 Å². The molecule has 1 saturated carbocycles. The lowest BCUT2D eigenvalue weighted by Crippen LogP contribution is -2.06. The van der Waals surface area contributed by atoms with Crippen molar-refractivity contribution in [1.29, 1.82) is 0 Å². The van der Waals surface area contributed by atoms with Gasteiger partial charge in [-0.2, -0.15) is 4.89 Å². The first kappa shape index (κ1) is 14.6.